The first-order valence-electron chi connectivity index (χ1n) is 20.3. The third-order valence-corrected chi connectivity index (χ3v) is 13.5. The van der Waals surface area contributed by atoms with Crippen molar-refractivity contribution < 1.29 is 0 Å². The molecule has 4 heteroatoms. The van der Waals surface area contributed by atoms with Gasteiger partial charge in [0.15, 0.2) is 5.82 Å². The van der Waals surface area contributed by atoms with Gasteiger partial charge in [0.2, 0.25) is 0 Å². The standard InChI is InChI=1S/C56H35N3S/c1-3-15-36(16-4-1)39-19-11-20-41(33-39)55-58-51(37-17-5-2-6-18-37)35-52(59-55)45-25-13-29-49-54(45)60-53-42(40-31-30-38-21-14-32-57-50(38)34-40)24-12-28-48(53)56(49)46-26-9-7-22-43(46)44-23-8-10-27-47(44)56/h1-35H. The van der Waals surface area contributed by atoms with E-state index in [4.69, 9.17) is 15.0 Å². The summed E-state index contributed by atoms with van der Waals surface area (Å²) >= 11 is 1.86. The molecule has 0 N–H and O–H groups in total. The Hall–Kier alpha value is -7.40. The van der Waals surface area contributed by atoms with E-state index in [-0.39, 0.29) is 0 Å². The maximum Gasteiger partial charge on any atom is 0.160 e. The smallest absolute Gasteiger partial charge is 0.160 e. The second-order valence-corrected chi connectivity index (χ2v) is 16.5. The fourth-order valence-electron chi connectivity index (χ4n) is 9.55. The van der Waals surface area contributed by atoms with Crippen LogP contribution in [-0.2, 0) is 5.41 Å². The highest BCUT2D eigenvalue weighted by Crippen LogP contribution is 2.64. The Morgan fingerprint density at radius 3 is 1.67 bits per heavy atom. The first kappa shape index (κ1) is 34.6. The van der Waals surface area contributed by atoms with Gasteiger partial charge in [0.25, 0.3) is 0 Å². The minimum absolute atomic E-state index is 0.563. The molecule has 1 aliphatic carbocycles. The average Bonchev–Trinajstić information content (AvgIpc) is 3.62. The highest BCUT2D eigenvalue weighted by Gasteiger charge is 2.51. The van der Waals surface area contributed by atoms with Gasteiger partial charge in [-0.3, -0.25) is 4.98 Å². The Balaban J connectivity index is 1.14. The predicted octanol–water partition coefficient (Wildman–Crippen LogP) is 14.2. The number of hydrogen-bond acceptors (Lipinski definition) is 4. The number of nitrogens with zero attached hydrogens (tertiary/aromatic N) is 3. The van der Waals surface area contributed by atoms with E-state index in [1.807, 2.05) is 24.0 Å². The third-order valence-electron chi connectivity index (χ3n) is 12.2. The molecule has 0 saturated heterocycles. The largest absolute Gasteiger partial charge is 0.256 e. The van der Waals surface area contributed by atoms with Crippen LogP contribution >= 0.6 is 11.8 Å². The summed E-state index contributed by atoms with van der Waals surface area (Å²) in [4.78, 5) is 18.0. The van der Waals surface area contributed by atoms with Crippen LogP contribution in [0.5, 0.6) is 0 Å². The molecule has 0 amide bonds. The van der Waals surface area contributed by atoms with Crippen molar-refractivity contribution in [3.05, 3.63) is 235 Å². The van der Waals surface area contributed by atoms with Crippen LogP contribution in [0.25, 0.3) is 78.2 Å². The molecule has 0 atom stereocenters. The summed E-state index contributed by atoms with van der Waals surface area (Å²) < 4.78 is 0. The SMILES string of the molecule is c1ccc(-c2cccc(-c3nc(-c4ccccc4)cc(-c4cccc5c4Sc4c(-c6ccc7cccnc7c6)cccc4C54c5ccccc5-c5ccccc54)n3)c2)cc1. The predicted molar refractivity (Wildman–Crippen MR) is 246 cm³/mol. The molecular formula is C56H35N3S. The molecule has 1 spiro atoms. The molecule has 1 aliphatic heterocycles. The monoisotopic (exact) mass is 781 g/mol. The van der Waals surface area contributed by atoms with E-state index in [0.717, 1.165) is 55.7 Å². The second-order valence-electron chi connectivity index (χ2n) is 15.5. The van der Waals surface area contributed by atoms with Crippen molar-refractivity contribution >= 4 is 22.7 Å². The zero-order valence-corrected chi connectivity index (χ0v) is 33.3. The Labute approximate surface area is 353 Å². The molecule has 2 aromatic heterocycles. The number of pyridine rings is 1. The van der Waals surface area contributed by atoms with Crippen molar-refractivity contribution in [3.63, 3.8) is 0 Å². The Morgan fingerprint density at radius 2 is 0.917 bits per heavy atom. The van der Waals surface area contributed by atoms with Crippen molar-refractivity contribution in [1.29, 1.82) is 0 Å². The van der Waals surface area contributed by atoms with Gasteiger partial charge in [-0.2, -0.15) is 0 Å². The van der Waals surface area contributed by atoms with E-state index in [0.29, 0.717) is 5.82 Å². The van der Waals surface area contributed by atoms with Crippen LogP contribution in [0.2, 0.25) is 0 Å². The van der Waals surface area contributed by atoms with Gasteiger partial charge >= 0.3 is 0 Å². The minimum atomic E-state index is -0.563. The number of fused-ring (bicyclic) bond motifs is 10. The molecule has 0 radical (unpaired) electrons. The van der Waals surface area contributed by atoms with Gasteiger partial charge in [0, 0.05) is 38.1 Å². The van der Waals surface area contributed by atoms with Crippen molar-refractivity contribution in [1.82, 2.24) is 15.0 Å². The van der Waals surface area contributed by atoms with Gasteiger partial charge in [-0.25, -0.2) is 9.97 Å². The normalized spacial score (nSPS) is 13.1. The molecule has 8 aromatic carbocycles. The highest BCUT2D eigenvalue weighted by molar-refractivity contribution is 7.99. The topological polar surface area (TPSA) is 38.7 Å². The van der Waals surface area contributed by atoms with Gasteiger partial charge in [-0.1, -0.05) is 194 Å². The fraction of sp³-hybridized carbons (Fsp3) is 0.0179. The number of benzene rings is 8. The second kappa shape index (κ2) is 13.9. The van der Waals surface area contributed by atoms with E-state index in [1.54, 1.807) is 0 Å². The van der Waals surface area contributed by atoms with Crippen LogP contribution < -0.4 is 0 Å². The quantitative estimate of drug-likeness (QED) is 0.174. The summed E-state index contributed by atoms with van der Waals surface area (Å²) in [6.45, 7) is 0. The van der Waals surface area contributed by atoms with E-state index in [9.17, 15) is 0 Å². The third kappa shape index (κ3) is 5.35. The summed E-state index contributed by atoms with van der Waals surface area (Å²) in [5.74, 6) is 0.693. The molecule has 0 bridgehead atoms. The maximum absolute atomic E-state index is 5.48. The Bertz CT molecular complexity index is 3260. The van der Waals surface area contributed by atoms with Crippen molar-refractivity contribution in [2.45, 2.75) is 15.2 Å². The Kier molecular flexibility index (Phi) is 8.00. The molecule has 3 heterocycles. The van der Waals surface area contributed by atoms with E-state index < -0.39 is 5.41 Å². The minimum Gasteiger partial charge on any atom is -0.256 e. The van der Waals surface area contributed by atoms with E-state index in [2.05, 4.69) is 200 Å². The molecule has 10 aromatic rings. The van der Waals surface area contributed by atoms with E-state index in [1.165, 1.54) is 48.7 Å². The van der Waals surface area contributed by atoms with Crippen LogP contribution in [0.4, 0.5) is 0 Å². The lowest BCUT2D eigenvalue weighted by molar-refractivity contribution is 0.724. The summed E-state index contributed by atoms with van der Waals surface area (Å²) in [7, 11) is 0. The summed E-state index contributed by atoms with van der Waals surface area (Å²) in [6.07, 6.45) is 1.88. The molecule has 280 valence electrons. The zero-order valence-electron chi connectivity index (χ0n) is 32.5. The maximum atomic E-state index is 5.48. The molecule has 2 aliphatic rings. The van der Waals surface area contributed by atoms with Crippen molar-refractivity contribution in [3.8, 4) is 67.3 Å². The highest BCUT2D eigenvalue weighted by atomic mass is 32.2. The van der Waals surface area contributed by atoms with Crippen LogP contribution in [0.3, 0.4) is 0 Å². The van der Waals surface area contributed by atoms with E-state index >= 15 is 0 Å². The number of hydrogen-bond donors (Lipinski definition) is 0. The van der Waals surface area contributed by atoms with Crippen LogP contribution in [0, 0.1) is 0 Å². The first-order chi connectivity index (χ1) is 29.7. The lowest BCUT2D eigenvalue weighted by Crippen LogP contribution is -2.32. The van der Waals surface area contributed by atoms with Crippen molar-refractivity contribution in [2.75, 3.05) is 0 Å². The summed E-state index contributed by atoms with van der Waals surface area (Å²) in [6, 6.07) is 74.3. The lowest BCUT2D eigenvalue weighted by atomic mass is 9.66. The summed E-state index contributed by atoms with van der Waals surface area (Å²) in [5, 5.41) is 1.13. The van der Waals surface area contributed by atoms with Crippen LogP contribution in [0.1, 0.15) is 22.3 Å². The van der Waals surface area contributed by atoms with Gasteiger partial charge in [-0.05, 0) is 79.9 Å². The Morgan fingerprint density at radius 1 is 0.350 bits per heavy atom. The van der Waals surface area contributed by atoms with Crippen molar-refractivity contribution in [2.24, 2.45) is 0 Å². The summed E-state index contributed by atoms with van der Waals surface area (Å²) in [5.41, 5.74) is 17.6. The first-order valence-corrected chi connectivity index (χ1v) is 21.2. The lowest BCUT2D eigenvalue weighted by Gasteiger charge is -2.41. The van der Waals surface area contributed by atoms with Gasteiger partial charge in [0.1, 0.15) is 0 Å². The van der Waals surface area contributed by atoms with Gasteiger partial charge in [0.05, 0.1) is 22.3 Å². The van der Waals surface area contributed by atoms with Crippen LogP contribution in [-0.4, -0.2) is 15.0 Å². The number of rotatable bonds is 5. The molecule has 0 fully saturated rings. The molecular weight excluding hydrogens is 747 g/mol. The molecule has 3 nitrogen and oxygen atoms in total. The molecule has 0 saturated carbocycles. The molecule has 60 heavy (non-hydrogen) atoms. The fourth-order valence-corrected chi connectivity index (χ4v) is 11.0. The molecule has 12 rings (SSSR count). The average molecular weight is 782 g/mol. The van der Waals surface area contributed by atoms with Gasteiger partial charge < -0.3 is 0 Å². The zero-order chi connectivity index (χ0) is 39.6. The van der Waals surface area contributed by atoms with Crippen LogP contribution in [0.15, 0.2) is 222 Å². The number of aromatic nitrogens is 3. The van der Waals surface area contributed by atoms with Gasteiger partial charge in [-0.15, -0.1) is 0 Å². The molecule has 0 unspecified atom stereocenters.